The maximum atomic E-state index is 14.0. The summed E-state index contributed by atoms with van der Waals surface area (Å²) >= 11 is 3.36. The molecule has 4 aliphatic rings. The maximum Gasteiger partial charge on any atom is 0.270 e. The maximum absolute atomic E-state index is 14.0. The molecule has 1 saturated heterocycles. The van der Waals surface area contributed by atoms with Gasteiger partial charge in [-0.1, -0.05) is 55.5 Å². The van der Waals surface area contributed by atoms with Crippen molar-refractivity contribution in [3.8, 4) is 0 Å². The molecular formula is C26H19BrN2O4. The van der Waals surface area contributed by atoms with Crippen molar-refractivity contribution in [1.29, 1.82) is 0 Å². The number of benzene rings is 3. The van der Waals surface area contributed by atoms with Crippen LogP contribution in [0.1, 0.15) is 41.5 Å². The number of non-ortho nitro benzene ring substituents is 1. The molecule has 2 atom stereocenters. The third-order valence-electron chi connectivity index (χ3n) is 7.73. The number of hydrogen-bond donors (Lipinski definition) is 0. The van der Waals surface area contributed by atoms with Crippen LogP contribution in [0.25, 0.3) is 0 Å². The smallest absolute Gasteiger partial charge is 0.270 e. The normalized spacial score (nSPS) is 26.7. The topological polar surface area (TPSA) is 80.5 Å². The summed E-state index contributed by atoms with van der Waals surface area (Å²) in [4.78, 5) is 39.9. The number of imide groups is 1. The van der Waals surface area contributed by atoms with Crippen LogP contribution in [0.4, 0.5) is 11.4 Å². The molecule has 0 N–H and O–H groups in total. The van der Waals surface area contributed by atoms with Crippen molar-refractivity contribution in [2.75, 3.05) is 4.90 Å². The van der Waals surface area contributed by atoms with Gasteiger partial charge in [-0.25, -0.2) is 4.90 Å². The Kier molecular flexibility index (Phi) is 4.21. The van der Waals surface area contributed by atoms with Crippen LogP contribution in [0.3, 0.4) is 0 Å². The SMILES string of the molecule is CCC12c3ccccc3C(c3ccccc31)C1C(=O)N(c3ccc([N+](=O)[O-])cc3Br)C(=O)C12. The number of carbonyl (C=O) groups excluding carboxylic acids is 2. The van der Waals surface area contributed by atoms with Crippen LogP contribution in [-0.2, 0) is 15.0 Å². The van der Waals surface area contributed by atoms with Gasteiger partial charge in [-0.15, -0.1) is 0 Å². The summed E-state index contributed by atoms with van der Waals surface area (Å²) in [6, 6.07) is 20.5. The van der Waals surface area contributed by atoms with Crippen molar-refractivity contribution in [3.63, 3.8) is 0 Å². The van der Waals surface area contributed by atoms with Crippen LogP contribution in [0.2, 0.25) is 0 Å². The van der Waals surface area contributed by atoms with Crippen LogP contribution < -0.4 is 4.90 Å². The minimum Gasteiger partial charge on any atom is -0.274 e. The zero-order valence-electron chi connectivity index (χ0n) is 17.7. The average molecular weight is 503 g/mol. The van der Waals surface area contributed by atoms with Gasteiger partial charge in [-0.3, -0.25) is 19.7 Å². The number of anilines is 1. The lowest BCUT2D eigenvalue weighted by Gasteiger charge is -2.54. The average Bonchev–Trinajstić information content (AvgIpc) is 3.10. The van der Waals surface area contributed by atoms with E-state index < -0.39 is 22.2 Å². The van der Waals surface area contributed by atoms with Gasteiger partial charge in [0, 0.05) is 27.9 Å². The number of hydrogen-bond acceptors (Lipinski definition) is 4. The second kappa shape index (κ2) is 6.84. The lowest BCUT2D eigenvalue weighted by atomic mass is 9.46. The fourth-order valence-corrected chi connectivity index (χ4v) is 7.10. The minimum absolute atomic E-state index is 0.105. The summed E-state index contributed by atoms with van der Waals surface area (Å²) in [7, 11) is 0. The van der Waals surface area contributed by atoms with E-state index in [9.17, 15) is 19.7 Å². The van der Waals surface area contributed by atoms with E-state index in [1.54, 1.807) is 0 Å². The summed E-state index contributed by atoms with van der Waals surface area (Å²) in [5.74, 6) is -1.72. The molecule has 3 aliphatic carbocycles. The monoisotopic (exact) mass is 502 g/mol. The second-order valence-electron chi connectivity index (χ2n) is 8.89. The predicted molar refractivity (Wildman–Crippen MR) is 126 cm³/mol. The Bertz CT molecular complexity index is 1340. The minimum atomic E-state index is -0.596. The standard InChI is InChI=1S/C26H19BrN2O4/c1-2-26-17-9-5-3-7-15(17)21(16-8-4-6-10-18(16)26)22-23(26)25(31)28(24(22)30)20-12-11-14(29(32)33)13-19(20)27/h3-13,21-23H,2H2,1H3. The van der Waals surface area contributed by atoms with Gasteiger partial charge in [0.1, 0.15) is 0 Å². The molecule has 164 valence electrons. The summed E-state index contributed by atoms with van der Waals surface area (Å²) in [5.41, 5.74) is 4.14. The number of nitrogens with zero attached hydrogens (tertiary/aromatic N) is 2. The molecule has 1 heterocycles. The Morgan fingerprint density at radius 3 is 2.12 bits per heavy atom. The Morgan fingerprint density at radius 1 is 0.970 bits per heavy atom. The van der Waals surface area contributed by atoms with E-state index in [1.807, 2.05) is 24.3 Å². The zero-order chi connectivity index (χ0) is 23.1. The van der Waals surface area contributed by atoms with Crippen molar-refractivity contribution < 1.29 is 14.5 Å². The lowest BCUT2D eigenvalue weighted by Crippen LogP contribution is -2.53. The van der Waals surface area contributed by atoms with E-state index in [0.717, 1.165) is 22.3 Å². The first-order chi connectivity index (χ1) is 15.9. The molecule has 7 heteroatoms. The van der Waals surface area contributed by atoms with Crippen molar-refractivity contribution in [3.05, 3.63) is 104 Å². The number of rotatable bonds is 3. The van der Waals surface area contributed by atoms with E-state index >= 15 is 0 Å². The highest BCUT2D eigenvalue weighted by Crippen LogP contribution is 2.65. The van der Waals surface area contributed by atoms with Gasteiger partial charge in [-0.05, 0) is 50.7 Å². The van der Waals surface area contributed by atoms with E-state index in [4.69, 9.17) is 0 Å². The first-order valence-electron chi connectivity index (χ1n) is 10.9. The molecule has 1 fully saturated rings. The van der Waals surface area contributed by atoms with Crippen molar-refractivity contribution in [2.45, 2.75) is 24.7 Å². The summed E-state index contributed by atoms with van der Waals surface area (Å²) < 4.78 is 0.352. The molecule has 2 amide bonds. The molecule has 0 aromatic heterocycles. The molecule has 2 unspecified atom stereocenters. The van der Waals surface area contributed by atoms with Gasteiger partial charge in [0.2, 0.25) is 11.8 Å². The lowest BCUT2D eigenvalue weighted by molar-refractivity contribution is -0.384. The van der Waals surface area contributed by atoms with E-state index in [2.05, 4.69) is 47.1 Å². The van der Waals surface area contributed by atoms with Crippen molar-refractivity contribution in [1.82, 2.24) is 0 Å². The first-order valence-corrected chi connectivity index (χ1v) is 11.7. The van der Waals surface area contributed by atoms with Crippen molar-refractivity contribution in [2.24, 2.45) is 11.8 Å². The number of halogens is 1. The molecule has 2 bridgehead atoms. The summed E-state index contributed by atoms with van der Waals surface area (Å²) in [6.45, 7) is 2.08. The second-order valence-corrected chi connectivity index (χ2v) is 9.74. The van der Waals surface area contributed by atoms with E-state index in [0.29, 0.717) is 16.6 Å². The van der Waals surface area contributed by atoms with Gasteiger partial charge >= 0.3 is 0 Å². The molecule has 3 aromatic rings. The third kappa shape index (κ3) is 2.38. The van der Waals surface area contributed by atoms with Crippen LogP contribution in [0.15, 0.2) is 71.2 Å². The van der Waals surface area contributed by atoms with Crippen LogP contribution in [0.5, 0.6) is 0 Å². The van der Waals surface area contributed by atoms with Gasteiger partial charge in [-0.2, -0.15) is 0 Å². The quantitative estimate of drug-likeness (QED) is 0.275. The molecule has 7 rings (SSSR count). The first kappa shape index (κ1) is 20.3. The number of carbonyl (C=O) groups is 2. The Labute approximate surface area is 198 Å². The molecule has 1 aliphatic heterocycles. The highest BCUT2D eigenvalue weighted by Gasteiger charge is 2.67. The summed E-state index contributed by atoms with van der Waals surface area (Å²) in [5, 5.41) is 11.2. The third-order valence-corrected chi connectivity index (χ3v) is 8.37. The highest BCUT2D eigenvalue weighted by molar-refractivity contribution is 9.10. The predicted octanol–water partition coefficient (Wildman–Crippen LogP) is 5.32. The van der Waals surface area contributed by atoms with Gasteiger partial charge < -0.3 is 0 Å². The highest BCUT2D eigenvalue weighted by atomic mass is 79.9. The molecule has 33 heavy (non-hydrogen) atoms. The Balaban J connectivity index is 1.59. The molecule has 0 radical (unpaired) electrons. The number of nitro groups is 1. The van der Waals surface area contributed by atoms with Crippen LogP contribution in [0, 0.1) is 22.0 Å². The van der Waals surface area contributed by atoms with Gasteiger partial charge in [0.25, 0.3) is 5.69 Å². The Morgan fingerprint density at radius 2 is 1.58 bits per heavy atom. The van der Waals surface area contributed by atoms with Crippen LogP contribution >= 0.6 is 15.9 Å². The number of nitro benzene ring substituents is 1. The Hall–Kier alpha value is -3.32. The molecular weight excluding hydrogens is 484 g/mol. The fourth-order valence-electron chi connectivity index (χ4n) is 6.56. The molecule has 0 saturated carbocycles. The van der Waals surface area contributed by atoms with Gasteiger partial charge in [0.15, 0.2) is 0 Å². The summed E-state index contributed by atoms with van der Waals surface area (Å²) in [6.07, 6.45) is 0.684. The number of amides is 2. The van der Waals surface area contributed by atoms with Gasteiger partial charge in [0.05, 0.1) is 22.4 Å². The zero-order valence-corrected chi connectivity index (χ0v) is 19.3. The largest absolute Gasteiger partial charge is 0.274 e. The molecule has 6 nitrogen and oxygen atoms in total. The molecule has 0 spiro atoms. The van der Waals surface area contributed by atoms with E-state index in [1.165, 1.54) is 23.1 Å². The fraction of sp³-hybridized carbons (Fsp3) is 0.231. The molecule has 3 aromatic carbocycles. The van der Waals surface area contributed by atoms with E-state index in [-0.39, 0.29) is 23.4 Å². The van der Waals surface area contributed by atoms with Crippen molar-refractivity contribution >= 4 is 39.1 Å². The van der Waals surface area contributed by atoms with Crippen LogP contribution in [-0.4, -0.2) is 16.7 Å².